The number of alkyl halides is 2. The van der Waals surface area contributed by atoms with Gasteiger partial charge in [0.15, 0.2) is 0 Å². The maximum absolute atomic E-state index is 6.58. The van der Waals surface area contributed by atoms with Crippen LogP contribution in [0.15, 0.2) is 48.5 Å². The van der Waals surface area contributed by atoms with Crippen LogP contribution in [-0.4, -0.2) is 30.8 Å². The van der Waals surface area contributed by atoms with Crippen molar-refractivity contribution in [2.45, 2.75) is 38.3 Å². The molecule has 2 heterocycles. The molecule has 0 aromatic heterocycles. The zero-order valence-electron chi connectivity index (χ0n) is 15.0. The summed E-state index contributed by atoms with van der Waals surface area (Å²) in [5, 5.41) is 0.194. The summed E-state index contributed by atoms with van der Waals surface area (Å²) in [6.45, 7) is 5.80. The molecule has 140 valence electrons. The second kappa shape index (κ2) is 9.20. The van der Waals surface area contributed by atoms with Crippen molar-refractivity contribution in [1.29, 1.82) is 0 Å². The van der Waals surface area contributed by atoms with Crippen LogP contribution in [0.2, 0.25) is 0 Å². The van der Waals surface area contributed by atoms with E-state index in [9.17, 15) is 0 Å². The molecule has 2 aromatic rings. The second-order valence-corrected chi connectivity index (χ2v) is 7.34. The zero-order valence-corrected chi connectivity index (χ0v) is 16.5. The summed E-state index contributed by atoms with van der Waals surface area (Å²) in [6.07, 6.45) is 0.234. The van der Waals surface area contributed by atoms with Crippen molar-refractivity contribution in [3.63, 3.8) is 0 Å². The highest BCUT2D eigenvalue weighted by atomic mass is 35.5. The normalized spacial score (nSPS) is 22.8. The maximum Gasteiger partial charge on any atom is 0.112 e. The molecule has 0 saturated carbocycles. The molecule has 2 saturated heterocycles. The first-order valence-electron chi connectivity index (χ1n) is 8.77. The molecule has 2 aliphatic rings. The van der Waals surface area contributed by atoms with Gasteiger partial charge in [-0.25, -0.2) is 0 Å². The number of rotatable bonds is 6. The van der Waals surface area contributed by atoms with Crippen LogP contribution in [0.4, 0.5) is 0 Å². The molecule has 5 heteroatoms. The summed E-state index contributed by atoms with van der Waals surface area (Å²) in [5.74, 6) is 0. The third-order valence-electron chi connectivity index (χ3n) is 4.68. The van der Waals surface area contributed by atoms with Gasteiger partial charge < -0.3 is 14.2 Å². The molecule has 0 bridgehead atoms. The highest BCUT2D eigenvalue weighted by Gasteiger charge is 2.42. The lowest BCUT2D eigenvalue weighted by atomic mass is 9.98. The Balaban J connectivity index is 0.000000613. The van der Waals surface area contributed by atoms with Crippen molar-refractivity contribution in [3.8, 4) is 0 Å². The highest BCUT2D eigenvalue weighted by Crippen LogP contribution is 2.41. The fourth-order valence-electron chi connectivity index (χ4n) is 3.15. The predicted octanol–water partition coefficient (Wildman–Crippen LogP) is 5.32. The van der Waals surface area contributed by atoms with Gasteiger partial charge in [-0.15, -0.1) is 23.2 Å². The molecule has 0 amide bonds. The minimum atomic E-state index is -0.0370. The van der Waals surface area contributed by atoms with Crippen molar-refractivity contribution in [2.75, 3.05) is 18.6 Å². The van der Waals surface area contributed by atoms with Crippen molar-refractivity contribution < 1.29 is 14.2 Å². The fraction of sp³-hybridized carbons (Fsp3) is 0.429. The van der Waals surface area contributed by atoms with E-state index in [0.717, 1.165) is 13.2 Å². The van der Waals surface area contributed by atoms with Crippen LogP contribution in [0, 0.1) is 13.8 Å². The third kappa shape index (κ3) is 4.99. The molecule has 4 unspecified atom stereocenters. The van der Waals surface area contributed by atoms with Crippen LogP contribution in [0.3, 0.4) is 0 Å². The minimum Gasteiger partial charge on any atom is -0.370 e. The molecular weight excluding hydrogens is 371 g/mol. The van der Waals surface area contributed by atoms with E-state index in [4.69, 9.17) is 37.4 Å². The molecule has 0 radical (unpaired) electrons. The number of hydrogen-bond acceptors (Lipinski definition) is 3. The molecule has 2 fully saturated rings. The number of benzene rings is 2. The van der Waals surface area contributed by atoms with E-state index in [1.807, 2.05) is 0 Å². The summed E-state index contributed by atoms with van der Waals surface area (Å²) < 4.78 is 17.7. The van der Waals surface area contributed by atoms with Crippen molar-refractivity contribution in [1.82, 2.24) is 0 Å². The molecule has 4 atom stereocenters. The smallest absolute Gasteiger partial charge is 0.112 e. The molecule has 0 spiro atoms. The lowest BCUT2D eigenvalue weighted by Crippen LogP contribution is -2.20. The molecule has 3 nitrogen and oxygen atoms in total. The summed E-state index contributed by atoms with van der Waals surface area (Å²) in [7, 11) is 0. The maximum atomic E-state index is 6.58. The summed E-state index contributed by atoms with van der Waals surface area (Å²) in [5.41, 5.74) is 4.92. The number of halogens is 2. The molecular formula is C21H24Cl2O3. The van der Waals surface area contributed by atoms with Gasteiger partial charge in [0.25, 0.3) is 0 Å². The summed E-state index contributed by atoms with van der Waals surface area (Å²) >= 11 is 9.53. The van der Waals surface area contributed by atoms with Crippen molar-refractivity contribution >= 4 is 23.2 Å². The van der Waals surface area contributed by atoms with Crippen LogP contribution >= 0.6 is 23.2 Å². The largest absolute Gasteiger partial charge is 0.370 e. The van der Waals surface area contributed by atoms with E-state index in [1.165, 1.54) is 22.3 Å². The predicted molar refractivity (Wildman–Crippen MR) is 105 cm³/mol. The molecule has 0 N–H and O–H groups in total. The van der Waals surface area contributed by atoms with Gasteiger partial charge in [-0.1, -0.05) is 48.5 Å². The number of aryl methyl sites for hydroxylation is 2. The lowest BCUT2D eigenvalue weighted by Gasteiger charge is -2.25. The van der Waals surface area contributed by atoms with E-state index < -0.39 is 0 Å². The SMILES string of the molecule is Cc1ccccc1C(OC(c1ccccc1C)C1CO1)C1CO1.ClCCl. The topological polar surface area (TPSA) is 34.3 Å². The Morgan fingerprint density at radius 2 is 1.19 bits per heavy atom. The second-order valence-electron chi connectivity index (χ2n) is 6.54. The third-order valence-corrected chi connectivity index (χ3v) is 4.68. The van der Waals surface area contributed by atoms with Gasteiger partial charge in [0.05, 0.1) is 18.6 Å². The van der Waals surface area contributed by atoms with Gasteiger partial charge in [-0.2, -0.15) is 0 Å². The van der Waals surface area contributed by atoms with Gasteiger partial charge in [-0.3, -0.25) is 0 Å². The van der Waals surface area contributed by atoms with E-state index in [1.54, 1.807) is 0 Å². The van der Waals surface area contributed by atoms with E-state index in [0.29, 0.717) is 0 Å². The van der Waals surface area contributed by atoms with Crippen LogP contribution in [0.1, 0.15) is 34.5 Å². The fourth-order valence-corrected chi connectivity index (χ4v) is 3.15. The lowest BCUT2D eigenvalue weighted by molar-refractivity contribution is -0.0424. The number of hydrogen-bond donors (Lipinski definition) is 0. The van der Waals surface area contributed by atoms with Crippen LogP contribution in [0.5, 0.6) is 0 Å². The van der Waals surface area contributed by atoms with E-state index in [2.05, 4.69) is 62.4 Å². The average molecular weight is 395 g/mol. The Morgan fingerprint density at radius 3 is 1.50 bits per heavy atom. The first kappa shape index (κ1) is 19.7. The van der Waals surface area contributed by atoms with Crippen LogP contribution in [0.25, 0.3) is 0 Å². The monoisotopic (exact) mass is 394 g/mol. The Labute approximate surface area is 165 Å². The quantitative estimate of drug-likeness (QED) is 0.490. The molecule has 26 heavy (non-hydrogen) atoms. The van der Waals surface area contributed by atoms with Crippen LogP contribution < -0.4 is 0 Å². The van der Waals surface area contributed by atoms with Gasteiger partial charge >= 0.3 is 0 Å². The van der Waals surface area contributed by atoms with Crippen LogP contribution in [-0.2, 0) is 14.2 Å². The first-order chi connectivity index (χ1) is 12.7. The number of ether oxygens (including phenoxy) is 3. The van der Waals surface area contributed by atoms with Gasteiger partial charge in [0.2, 0.25) is 0 Å². The van der Waals surface area contributed by atoms with E-state index in [-0.39, 0.29) is 29.8 Å². The number of epoxide rings is 2. The van der Waals surface area contributed by atoms with Crippen molar-refractivity contribution in [2.24, 2.45) is 0 Å². The molecule has 2 aliphatic heterocycles. The Bertz CT molecular complexity index is 654. The Hall–Kier alpha value is -1.10. The zero-order chi connectivity index (χ0) is 18.5. The Morgan fingerprint density at radius 1 is 0.846 bits per heavy atom. The average Bonchev–Trinajstić information content (AvgIpc) is 3.52. The molecule has 2 aromatic carbocycles. The highest BCUT2D eigenvalue weighted by molar-refractivity contribution is 6.40. The van der Waals surface area contributed by atoms with Crippen molar-refractivity contribution in [3.05, 3.63) is 70.8 Å². The van der Waals surface area contributed by atoms with Gasteiger partial charge in [-0.05, 0) is 36.1 Å². The summed E-state index contributed by atoms with van der Waals surface area (Å²) in [4.78, 5) is 0. The Kier molecular flexibility index (Phi) is 6.96. The minimum absolute atomic E-state index is 0.0370. The van der Waals surface area contributed by atoms with Gasteiger partial charge in [0.1, 0.15) is 24.4 Å². The summed E-state index contributed by atoms with van der Waals surface area (Å²) in [6, 6.07) is 16.8. The van der Waals surface area contributed by atoms with E-state index >= 15 is 0 Å². The standard InChI is InChI=1S/C20H22O3.CH2Cl2/c1-13-7-3-5-9-15(13)19(17-11-21-17)23-20(18-12-22-18)16-10-6-4-8-14(16)2;2-1-3/h3-10,17-20H,11-12H2,1-2H3;1H2. The molecule has 4 rings (SSSR count). The first-order valence-corrected chi connectivity index (χ1v) is 9.84. The molecule has 0 aliphatic carbocycles. The van der Waals surface area contributed by atoms with Gasteiger partial charge in [0, 0.05) is 0 Å².